The number of ether oxygens (including phenoxy) is 1. The fraction of sp³-hybridized carbons (Fsp3) is 0.222. The lowest BCUT2D eigenvalue weighted by Gasteiger charge is -2.14. The van der Waals surface area contributed by atoms with Gasteiger partial charge in [0.15, 0.2) is 0 Å². The monoisotopic (exact) mass is 299 g/mol. The second kappa shape index (κ2) is 5.87. The second-order valence-electron chi connectivity index (χ2n) is 2.78. The minimum atomic E-state index is -1.71. The van der Waals surface area contributed by atoms with Gasteiger partial charge in [0.1, 0.15) is 5.75 Å². The number of alkyl halides is 2. The van der Waals surface area contributed by atoms with Crippen LogP contribution in [0.1, 0.15) is 0 Å². The summed E-state index contributed by atoms with van der Waals surface area (Å²) in [4.78, 5) is 11.5. The van der Waals surface area contributed by atoms with Crippen LogP contribution in [0.5, 0.6) is 5.75 Å². The van der Waals surface area contributed by atoms with E-state index in [2.05, 4.69) is 5.32 Å². The summed E-state index contributed by atoms with van der Waals surface area (Å²) in [7, 11) is 7.46. The fourth-order valence-corrected chi connectivity index (χ4v) is 1.34. The van der Waals surface area contributed by atoms with Crippen molar-refractivity contribution in [3.05, 3.63) is 24.3 Å². The SMILES string of the molecule is COc1ccc(NC(=O)C(Cl)(Cl)SCl)cc1. The maximum Gasteiger partial charge on any atom is 0.272 e. The van der Waals surface area contributed by atoms with Crippen LogP contribution in [-0.4, -0.2) is 16.7 Å². The van der Waals surface area contributed by atoms with E-state index in [1.54, 1.807) is 31.4 Å². The van der Waals surface area contributed by atoms with E-state index in [4.69, 9.17) is 38.6 Å². The molecule has 7 heteroatoms. The number of methoxy groups -OCH3 is 1. The number of halogens is 3. The minimum absolute atomic E-state index is 0.528. The largest absolute Gasteiger partial charge is 0.497 e. The number of amides is 1. The Morgan fingerprint density at radius 1 is 1.38 bits per heavy atom. The zero-order valence-corrected chi connectivity index (χ0v) is 11.3. The molecule has 0 fully saturated rings. The molecule has 0 saturated heterocycles. The van der Waals surface area contributed by atoms with Crippen molar-refractivity contribution < 1.29 is 9.53 Å². The minimum Gasteiger partial charge on any atom is -0.497 e. The van der Waals surface area contributed by atoms with Crippen LogP contribution in [0.3, 0.4) is 0 Å². The van der Waals surface area contributed by atoms with E-state index in [9.17, 15) is 4.79 Å². The van der Waals surface area contributed by atoms with Crippen molar-refractivity contribution in [2.75, 3.05) is 12.4 Å². The van der Waals surface area contributed by atoms with Gasteiger partial charge in [-0.2, -0.15) is 0 Å². The first kappa shape index (κ1) is 13.8. The summed E-state index contributed by atoms with van der Waals surface area (Å²) >= 11 is 11.3. The number of carbonyl (C=O) groups excluding carboxylic acids is 1. The molecule has 0 atom stereocenters. The smallest absolute Gasteiger partial charge is 0.272 e. The topological polar surface area (TPSA) is 38.3 Å². The van der Waals surface area contributed by atoms with Crippen LogP contribution in [0, 0.1) is 0 Å². The molecule has 0 aliphatic carbocycles. The summed E-state index contributed by atoms with van der Waals surface area (Å²) in [6.45, 7) is 0. The summed E-state index contributed by atoms with van der Waals surface area (Å²) in [6, 6.07) is 6.74. The molecular formula is C9H8Cl3NO2S. The molecule has 0 aromatic heterocycles. The van der Waals surface area contributed by atoms with Crippen molar-refractivity contribution in [2.24, 2.45) is 0 Å². The van der Waals surface area contributed by atoms with Crippen LogP contribution in [0.4, 0.5) is 5.69 Å². The van der Waals surface area contributed by atoms with Crippen molar-refractivity contribution in [1.29, 1.82) is 0 Å². The van der Waals surface area contributed by atoms with Gasteiger partial charge < -0.3 is 10.1 Å². The highest BCUT2D eigenvalue weighted by molar-refractivity contribution is 8.24. The van der Waals surface area contributed by atoms with Crippen LogP contribution in [0.15, 0.2) is 24.3 Å². The van der Waals surface area contributed by atoms with Crippen molar-refractivity contribution in [2.45, 2.75) is 3.67 Å². The highest BCUT2D eigenvalue weighted by Gasteiger charge is 2.34. The van der Waals surface area contributed by atoms with Crippen LogP contribution in [0.2, 0.25) is 0 Å². The average molecular weight is 301 g/mol. The van der Waals surface area contributed by atoms with Crippen LogP contribution >= 0.6 is 44.9 Å². The number of hydrogen-bond donors (Lipinski definition) is 1. The number of nitrogens with one attached hydrogen (secondary N) is 1. The van der Waals surface area contributed by atoms with E-state index in [0.717, 1.165) is 0 Å². The zero-order valence-electron chi connectivity index (χ0n) is 8.17. The molecule has 0 aliphatic heterocycles. The molecular weight excluding hydrogens is 293 g/mol. The van der Waals surface area contributed by atoms with Gasteiger partial charge in [-0.1, -0.05) is 23.2 Å². The van der Waals surface area contributed by atoms with Gasteiger partial charge in [-0.05, 0) is 45.9 Å². The maximum absolute atomic E-state index is 11.5. The molecule has 0 radical (unpaired) electrons. The Kier molecular flexibility index (Phi) is 5.05. The summed E-state index contributed by atoms with van der Waals surface area (Å²) < 4.78 is 3.27. The standard InChI is InChI=1S/C9H8Cl3NO2S/c1-15-7-4-2-6(3-5-7)13-8(14)9(10,11)16-12/h2-5H,1H3,(H,13,14). The maximum atomic E-state index is 11.5. The number of rotatable bonds is 4. The highest BCUT2D eigenvalue weighted by Crippen LogP contribution is 2.38. The van der Waals surface area contributed by atoms with Gasteiger partial charge in [-0.15, -0.1) is 0 Å². The van der Waals surface area contributed by atoms with Gasteiger partial charge in [0, 0.05) is 5.69 Å². The number of anilines is 1. The van der Waals surface area contributed by atoms with E-state index >= 15 is 0 Å². The number of hydrogen-bond acceptors (Lipinski definition) is 3. The van der Waals surface area contributed by atoms with Gasteiger partial charge in [0.25, 0.3) is 9.57 Å². The molecule has 0 bridgehead atoms. The molecule has 0 unspecified atom stereocenters. The van der Waals surface area contributed by atoms with Crippen molar-refractivity contribution in [3.63, 3.8) is 0 Å². The summed E-state index contributed by atoms with van der Waals surface area (Å²) in [5.41, 5.74) is 0.558. The molecule has 0 heterocycles. The molecule has 16 heavy (non-hydrogen) atoms. The fourth-order valence-electron chi connectivity index (χ4n) is 0.913. The lowest BCUT2D eigenvalue weighted by Crippen LogP contribution is -2.28. The summed E-state index contributed by atoms with van der Waals surface area (Å²) in [5, 5.41) is 2.52. The lowest BCUT2D eigenvalue weighted by atomic mass is 10.3. The number of benzene rings is 1. The Labute approximate surface area is 112 Å². The van der Waals surface area contributed by atoms with Gasteiger partial charge in [0.2, 0.25) is 0 Å². The van der Waals surface area contributed by atoms with Crippen molar-refractivity contribution >= 4 is 56.5 Å². The average Bonchev–Trinajstić information content (AvgIpc) is 2.30. The molecule has 0 aliphatic rings. The van der Waals surface area contributed by atoms with E-state index in [1.807, 2.05) is 0 Å². The van der Waals surface area contributed by atoms with Crippen LogP contribution < -0.4 is 10.1 Å². The molecule has 1 N–H and O–H groups in total. The molecule has 1 aromatic carbocycles. The van der Waals surface area contributed by atoms with Crippen LogP contribution in [0.25, 0.3) is 0 Å². The first-order valence-corrected chi connectivity index (χ1v) is 6.52. The van der Waals surface area contributed by atoms with Crippen molar-refractivity contribution in [1.82, 2.24) is 0 Å². The predicted octanol–water partition coefficient (Wildman–Crippen LogP) is 3.65. The van der Waals surface area contributed by atoms with Gasteiger partial charge in [-0.3, -0.25) is 4.79 Å². The van der Waals surface area contributed by atoms with Gasteiger partial charge in [-0.25, -0.2) is 0 Å². The molecule has 1 rings (SSSR count). The van der Waals surface area contributed by atoms with Gasteiger partial charge in [0.05, 0.1) is 7.11 Å². The summed E-state index contributed by atoms with van der Waals surface area (Å²) in [5.74, 6) is 0.0914. The van der Waals surface area contributed by atoms with E-state index in [1.165, 1.54) is 0 Å². The predicted molar refractivity (Wildman–Crippen MR) is 69.5 cm³/mol. The van der Waals surface area contributed by atoms with E-state index in [0.29, 0.717) is 22.4 Å². The third kappa shape index (κ3) is 3.63. The Balaban J connectivity index is 2.70. The Morgan fingerprint density at radius 2 is 1.94 bits per heavy atom. The first-order valence-electron chi connectivity index (χ1n) is 4.12. The van der Waals surface area contributed by atoms with E-state index < -0.39 is 9.57 Å². The third-order valence-electron chi connectivity index (χ3n) is 1.71. The molecule has 3 nitrogen and oxygen atoms in total. The molecule has 88 valence electrons. The third-order valence-corrected chi connectivity index (χ3v) is 4.06. The molecule has 0 saturated carbocycles. The Morgan fingerprint density at radius 3 is 2.38 bits per heavy atom. The first-order chi connectivity index (χ1) is 7.49. The molecule has 1 amide bonds. The normalized spacial score (nSPS) is 11.0. The number of carbonyl (C=O) groups is 1. The lowest BCUT2D eigenvalue weighted by molar-refractivity contribution is -0.115. The zero-order chi connectivity index (χ0) is 12.2. The quantitative estimate of drug-likeness (QED) is 0.863. The van der Waals surface area contributed by atoms with Crippen LogP contribution in [-0.2, 0) is 4.79 Å². The van der Waals surface area contributed by atoms with Gasteiger partial charge >= 0.3 is 0 Å². The van der Waals surface area contributed by atoms with E-state index in [-0.39, 0.29) is 0 Å². The molecule has 1 aromatic rings. The van der Waals surface area contributed by atoms with Crippen molar-refractivity contribution in [3.8, 4) is 5.75 Å². The summed E-state index contributed by atoms with van der Waals surface area (Å²) in [6.07, 6.45) is 0. The molecule has 0 spiro atoms. The Bertz CT molecular complexity index is 370. The Hall–Kier alpha value is -0.290. The highest BCUT2D eigenvalue weighted by atomic mass is 35.7. The second-order valence-corrected chi connectivity index (χ2v) is 5.78.